The van der Waals surface area contributed by atoms with Crippen molar-refractivity contribution < 1.29 is 4.79 Å². The minimum absolute atomic E-state index is 0.0157. The largest absolute Gasteiger partial charge is 0.375 e. The van der Waals surface area contributed by atoms with E-state index in [9.17, 15) is 4.79 Å². The Morgan fingerprint density at radius 3 is 2.73 bits per heavy atom. The second-order valence-corrected chi connectivity index (χ2v) is 7.03. The monoisotopic (exact) mass is 351 g/mol. The molecule has 0 saturated carbocycles. The molecule has 1 atom stereocenters. The summed E-state index contributed by atoms with van der Waals surface area (Å²) in [6, 6.07) is 18.8. The smallest absolute Gasteiger partial charge is 0.322 e. The van der Waals surface area contributed by atoms with Crippen molar-refractivity contribution in [2.45, 2.75) is 38.6 Å². The lowest BCUT2D eigenvalue weighted by Gasteiger charge is -2.36. The number of benzene rings is 2. The average Bonchev–Trinajstić information content (AvgIpc) is 2.68. The second kappa shape index (κ2) is 8.75. The summed E-state index contributed by atoms with van der Waals surface area (Å²) in [6.07, 6.45) is 4.27. The lowest BCUT2D eigenvalue weighted by atomic mass is 9.96. The lowest BCUT2D eigenvalue weighted by Crippen LogP contribution is -2.46. The van der Waals surface area contributed by atoms with Crippen molar-refractivity contribution in [2.24, 2.45) is 0 Å². The van der Waals surface area contributed by atoms with Crippen LogP contribution < -0.4 is 10.2 Å². The highest BCUT2D eigenvalue weighted by Crippen LogP contribution is 2.23. The van der Waals surface area contributed by atoms with E-state index in [4.69, 9.17) is 0 Å². The number of nitrogens with one attached hydrogen (secondary N) is 1. The average molecular weight is 351 g/mol. The highest BCUT2D eigenvalue weighted by atomic mass is 16.2. The van der Waals surface area contributed by atoms with Crippen LogP contribution >= 0.6 is 0 Å². The summed E-state index contributed by atoms with van der Waals surface area (Å²) in [6.45, 7) is 3.88. The van der Waals surface area contributed by atoms with Gasteiger partial charge in [-0.25, -0.2) is 4.79 Å². The van der Waals surface area contributed by atoms with Gasteiger partial charge in [-0.3, -0.25) is 0 Å². The summed E-state index contributed by atoms with van der Waals surface area (Å²) < 4.78 is 0. The Hall–Kier alpha value is -2.49. The van der Waals surface area contributed by atoms with E-state index in [2.05, 4.69) is 54.5 Å². The van der Waals surface area contributed by atoms with Gasteiger partial charge in [-0.05, 0) is 56.4 Å². The SMILES string of the molecule is CCN(C)c1cccc(NC(=O)N2CCCCC2Cc2ccccc2)c1. The Bertz CT molecular complexity index is 716. The van der Waals surface area contributed by atoms with E-state index in [0.717, 1.165) is 43.7 Å². The minimum atomic E-state index is 0.0157. The van der Waals surface area contributed by atoms with Crippen molar-refractivity contribution in [3.05, 3.63) is 60.2 Å². The Kier molecular flexibility index (Phi) is 6.16. The van der Waals surface area contributed by atoms with Crippen LogP contribution in [0.3, 0.4) is 0 Å². The third-order valence-corrected chi connectivity index (χ3v) is 5.21. The molecular weight excluding hydrogens is 322 g/mol. The number of nitrogens with zero attached hydrogens (tertiary/aromatic N) is 2. The van der Waals surface area contributed by atoms with Crippen molar-refractivity contribution >= 4 is 17.4 Å². The van der Waals surface area contributed by atoms with Crippen molar-refractivity contribution in [3.63, 3.8) is 0 Å². The standard InChI is InChI=1S/C22H29N3O/c1-3-24(2)20-14-9-12-19(17-20)23-22(26)25-15-8-7-13-21(25)16-18-10-5-4-6-11-18/h4-6,9-12,14,17,21H,3,7-8,13,15-16H2,1-2H3,(H,23,26). The topological polar surface area (TPSA) is 35.6 Å². The number of amides is 2. The Labute approximate surface area is 156 Å². The number of rotatable bonds is 5. The summed E-state index contributed by atoms with van der Waals surface area (Å²) in [5.41, 5.74) is 3.27. The molecule has 0 bridgehead atoms. The van der Waals surface area contributed by atoms with E-state index >= 15 is 0 Å². The molecule has 3 rings (SSSR count). The molecule has 1 aliphatic heterocycles. The lowest BCUT2D eigenvalue weighted by molar-refractivity contribution is 0.162. The zero-order valence-corrected chi connectivity index (χ0v) is 15.8. The predicted octanol–water partition coefficient (Wildman–Crippen LogP) is 4.77. The maximum absolute atomic E-state index is 12.9. The van der Waals surface area contributed by atoms with Gasteiger partial charge in [-0.15, -0.1) is 0 Å². The van der Waals surface area contributed by atoms with Gasteiger partial charge in [-0.1, -0.05) is 36.4 Å². The molecule has 4 heteroatoms. The molecule has 0 aliphatic carbocycles. The molecule has 0 aromatic heterocycles. The number of carbonyl (C=O) groups is 1. The third kappa shape index (κ3) is 4.57. The first kappa shape index (κ1) is 18.3. The summed E-state index contributed by atoms with van der Waals surface area (Å²) in [7, 11) is 2.06. The number of urea groups is 1. The molecule has 0 spiro atoms. The zero-order chi connectivity index (χ0) is 18.4. The molecule has 2 amide bonds. The molecule has 4 nitrogen and oxygen atoms in total. The van der Waals surface area contributed by atoms with Crippen molar-refractivity contribution in [2.75, 3.05) is 30.4 Å². The maximum atomic E-state index is 12.9. The van der Waals surface area contributed by atoms with Crippen molar-refractivity contribution in [1.29, 1.82) is 0 Å². The quantitative estimate of drug-likeness (QED) is 0.842. The van der Waals surface area contributed by atoms with Crippen LogP contribution in [0.2, 0.25) is 0 Å². The number of hydrogen-bond acceptors (Lipinski definition) is 2. The van der Waals surface area contributed by atoms with E-state index < -0.39 is 0 Å². The molecule has 138 valence electrons. The van der Waals surface area contributed by atoms with Crippen LogP contribution in [0.1, 0.15) is 31.7 Å². The van der Waals surface area contributed by atoms with E-state index in [1.165, 1.54) is 12.0 Å². The van der Waals surface area contributed by atoms with Crippen LogP contribution in [0.15, 0.2) is 54.6 Å². The Morgan fingerprint density at radius 2 is 1.96 bits per heavy atom. The highest BCUT2D eigenvalue weighted by Gasteiger charge is 2.26. The minimum Gasteiger partial charge on any atom is -0.375 e. The number of likely N-dealkylation sites (tertiary alicyclic amines) is 1. The van der Waals surface area contributed by atoms with Gasteiger partial charge in [0.05, 0.1) is 0 Å². The number of anilines is 2. The summed E-state index contributed by atoms with van der Waals surface area (Å²) >= 11 is 0. The fourth-order valence-corrected chi connectivity index (χ4v) is 3.57. The normalized spacial score (nSPS) is 17.0. The van der Waals surface area contributed by atoms with Crippen molar-refractivity contribution in [3.8, 4) is 0 Å². The Balaban J connectivity index is 1.69. The van der Waals surface area contributed by atoms with Crippen LogP contribution in [0.4, 0.5) is 16.2 Å². The third-order valence-electron chi connectivity index (χ3n) is 5.21. The van der Waals surface area contributed by atoms with Gasteiger partial charge in [0.15, 0.2) is 0 Å². The first-order chi connectivity index (χ1) is 12.7. The van der Waals surface area contributed by atoms with Crippen LogP contribution in [0, 0.1) is 0 Å². The predicted molar refractivity (Wildman–Crippen MR) is 109 cm³/mol. The van der Waals surface area contributed by atoms with Gasteiger partial charge in [0.2, 0.25) is 0 Å². The molecule has 0 radical (unpaired) electrons. The number of piperidine rings is 1. The highest BCUT2D eigenvalue weighted by molar-refractivity contribution is 5.90. The molecule has 2 aromatic carbocycles. The molecule has 1 N–H and O–H groups in total. The van der Waals surface area contributed by atoms with Crippen molar-refractivity contribution in [1.82, 2.24) is 4.90 Å². The van der Waals surface area contributed by atoms with E-state index in [0.29, 0.717) is 0 Å². The van der Waals surface area contributed by atoms with E-state index in [-0.39, 0.29) is 12.1 Å². The van der Waals surface area contributed by atoms with Crippen LogP contribution in [0.5, 0.6) is 0 Å². The van der Waals surface area contributed by atoms with Crippen LogP contribution in [0.25, 0.3) is 0 Å². The molecule has 1 heterocycles. The first-order valence-electron chi connectivity index (χ1n) is 9.60. The Morgan fingerprint density at radius 1 is 1.15 bits per heavy atom. The fourth-order valence-electron chi connectivity index (χ4n) is 3.57. The molecular formula is C22H29N3O. The zero-order valence-electron chi connectivity index (χ0n) is 15.8. The van der Waals surface area contributed by atoms with Crippen LogP contribution in [-0.2, 0) is 6.42 Å². The maximum Gasteiger partial charge on any atom is 0.322 e. The molecule has 1 fully saturated rings. The molecule has 1 saturated heterocycles. The van der Waals surface area contributed by atoms with Gasteiger partial charge >= 0.3 is 6.03 Å². The molecule has 1 aliphatic rings. The number of hydrogen-bond donors (Lipinski definition) is 1. The summed E-state index contributed by atoms with van der Waals surface area (Å²) in [5, 5.41) is 3.11. The van der Waals surface area contributed by atoms with Gasteiger partial charge in [-0.2, -0.15) is 0 Å². The van der Waals surface area contributed by atoms with Gasteiger partial charge in [0, 0.05) is 37.6 Å². The summed E-state index contributed by atoms with van der Waals surface area (Å²) in [4.78, 5) is 17.1. The van der Waals surface area contributed by atoms with Gasteiger partial charge in [0.25, 0.3) is 0 Å². The van der Waals surface area contributed by atoms with E-state index in [1.807, 2.05) is 29.2 Å². The first-order valence-corrected chi connectivity index (χ1v) is 9.60. The molecule has 26 heavy (non-hydrogen) atoms. The molecule has 2 aromatic rings. The van der Waals surface area contributed by atoms with Gasteiger partial charge < -0.3 is 15.1 Å². The summed E-state index contributed by atoms with van der Waals surface area (Å²) in [5.74, 6) is 0. The van der Waals surface area contributed by atoms with Gasteiger partial charge in [0.1, 0.15) is 0 Å². The van der Waals surface area contributed by atoms with Crippen LogP contribution in [-0.4, -0.2) is 37.1 Å². The molecule has 1 unspecified atom stereocenters. The van der Waals surface area contributed by atoms with E-state index in [1.54, 1.807) is 0 Å². The fraction of sp³-hybridized carbons (Fsp3) is 0.409. The second-order valence-electron chi connectivity index (χ2n) is 7.03. The number of carbonyl (C=O) groups excluding carboxylic acids is 1.